The molecule has 27 heavy (non-hydrogen) atoms. The number of aromatic nitrogens is 2. The molecule has 1 aliphatic heterocycles. The first-order valence-corrected chi connectivity index (χ1v) is 8.76. The number of hydrogen-bond acceptors (Lipinski definition) is 6. The van der Waals surface area contributed by atoms with E-state index in [0.717, 1.165) is 5.56 Å². The fourth-order valence-electron chi connectivity index (χ4n) is 3.48. The van der Waals surface area contributed by atoms with Crippen molar-refractivity contribution < 1.29 is 19.3 Å². The van der Waals surface area contributed by atoms with Crippen LogP contribution in [0, 0.1) is 12.8 Å². The highest BCUT2D eigenvalue weighted by Crippen LogP contribution is 2.36. The third-order valence-electron chi connectivity index (χ3n) is 4.94. The van der Waals surface area contributed by atoms with Gasteiger partial charge >= 0.3 is 5.69 Å². The molecule has 1 aliphatic rings. The molecule has 0 saturated carbocycles. The second-order valence-corrected chi connectivity index (χ2v) is 6.68. The summed E-state index contributed by atoms with van der Waals surface area (Å²) >= 11 is 0. The quantitative estimate of drug-likeness (QED) is 0.780. The normalized spacial score (nSPS) is 22.0. The fourth-order valence-corrected chi connectivity index (χ4v) is 3.48. The average molecular weight is 376 g/mol. The van der Waals surface area contributed by atoms with Crippen LogP contribution < -0.4 is 20.7 Å². The van der Waals surface area contributed by atoms with Gasteiger partial charge in [0.2, 0.25) is 0 Å². The topological polar surface area (TPSA) is 103 Å². The molecule has 0 unspecified atom stereocenters. The van der Waals surface area contributed by atoms with Crippen molar-refractivity contribution in [1.29, 1.82) is 0 Å². The Labute approximate surface area is 156 Å². The summed E-state index contributed by atoms with van der Waals surface area (Å²) < 4.78 is 17.9. The molecule has 1 aromatic heterocycles. The summed E-state index contributed by atoms with van der Waals surface area (Å²) in [5.74, 6) is 1.30. The Morgan fingerprint density at radius 1 is 1.26 bits per heavy atom. The van der Waals surface area contributed by atoms with E-state index in [0.29, 0.717) is 29.9 Å². The standard InChI is InChI=1S/C19H24N2O6/c1-11-9-21(19(24)20-18(11)23)17-8-13(16(10-22)27-17)6-12-4-5-14(25-2)15(7-12)26-3/h4-5,7,9,13,16-17,22H,6,8,10H2,1-3H3,(H,20,23,24)/t13-,16+,17+/m0/s1. The van der Waals surface area contributed by atoms with E-state index in [1.165, 1.54) is 10.8 Å². The Morgan fingerprint density at radius 2 is 2.00 bits per heavy atom. The van der Waals surface area contributed by atoms with Gasteiger partial charge in [0.25, 0.3) is 5.56 Å². The van der Waals surface area contributed by atoms with Crippen molar-refractivity contribution in [1.82, 2.24) is 9.55 Å². The highest BCUT2D eigenvalue weighted by Gasteiger charge is 2.36. The molecule has 0 bridgehead atoms. The summed E-state index contributed by atoms with van der Waals surface area (Å²) in [5, 5.41) is 9.72. The number of nitrogens with zero attached hydrogens (tertiary/aromatic N) is 1. The Bertz CT molecular complexity index is 919. The van der Waals surface area contributed by atoms with Gasteiger partial charge in [0, 0.05) is 11.8 Å². The van der Waals surface area contributed by atoms with E-state index in [1.807, 2.05) is 18.2 Å². The molecule has 0 spiro atoms. The van der Waals surface area contributed by atoms with Crippen LogP contribution in [0.4, 0.5) is 0 Å². The Balaban J connectivity index is 1.82. The molecular weight excluding hydrogens is 352 g/mol. The number of rotatable bonds is 6. The lowest BCUT2D eigenvalue weighted by atomic mass is 9.92. The molecule has 0 aliphatic carbocycles. The maximum absolute atomic E-state index is 12.1. The van der Waals surface area contributed by atoms with Crippen molar-refractivity contribution in [2.24, 2.45) is 5.92 Å². The lowest BCUT2D eigenvalue weighted by molar-refractivity contribution is -0.0326. The van der Waals surface area contributed by atoms with Crippen molar-refractivity contribution in [2.75, 3.05) is 20.8 Å². The molecule has 3 rings (SSSR count). The van der Waals surface area contributed by atoms with Crippen molar-refractivity contribution in [2.45, 2.75) is 32.1 Å². The van der Waals surface area contributed by atoms with E-state index in [2.05, 4.69) is 4.98 Å². The summed E-state index contributed by atoms with van der Waals surface area (Å²) in [7, 11) is 3.16. The number of ether oxygens (including phenoxy) is 3. The fraction of sp³-hybridized carbons (Fsp3) is 0.474. The van der Waals surface area contributed by atoms with Crippen LogP contribution in [0.15, 0.2) is 34.0 Å². The van der Waals surface area contributed by atoms with Crippen LogP contribution in [-0.4, -0.2) is 41.6 Å². The van der Waals surface area contributed by atoms with Gasteiger partial charge in [0.1, 0.15) is 6.23 Å². The molecule has 2 aromatic rings. The summed E-state index contributed by atoms with van der Waals surface area (Å²) in [6.45, 7) is 1.49. The maximum atomic E-state index is 12.1. The van der Waals surface area contributed by atoms with Crippen LogP contribution in [0.1, 0.15) is 23.8 Å². The minimum absolute atomic E-state index is 0.0113. The number of aliphatic hydroxyl groups excluding tert-OH is 1. The van der Waals surface area contributed by atoms with E-state index in [9.17, 15) is 14.7 Å². The Hall–Kier alpha value is -2.58. The smallest absolute Gasteiger partial charge is 0.330 e. The van der Waals surface area contributed by atoms with E-state index in [-0.39, 0.29) is 12.5 Å². The molecule has 1 fully saturated rings. The van der Waals surface area contributed by atoms with E-state index >= 15 is 0 Å². The molecule has 0 amide bonds. The minimum atomic E-state index is -0.532. The van der Waals surface area contributed by atoms with Gasteiger partial charge in [-0.15, -0.1) is 0 Å². The second kappa shape index (κ2) is 7.98. The zero-order valence-electron chi connectivity index (χ0n) is 15.6. The van der Waals surface area contributed by atoms with Crippen LogP contribution in [0.5, 0.6) is 11.5 Å². The summed E-state index contributed by atoms with van der Waals surface area (Å²) in [6, 6.07) is 5.68. The Morgan fingerprint density at radius 3 is 2.67 bits per heavy atom. The number of aryl methyl sites for hydroxylation is 1. The molecule has 146 valence electrons. The van der Waals surface area contributed by atoms with E-state index in [4.69, 9.17) is 14.2 Å². The molecule has 2 heterocycles. The van der Waals surface area contributed by atoms with Gasteiger partial charge in [0.15, 0.2) is 11.5 Å². The lowest BCUT2D eigenvalue weighted by Crippen LogP contribution is -2.33. The summed E-state index contributed by atoms with van der Waals surface area (Å²) in [5.41, 5.74) is 0.529. The number of hydrogen-bond donors (Lipinski definition) is 2. The first-order valence-electron chi connectivity index (χ1n) is 8.76. The zero-order chi connectivity index (χ0) is 19.6. The number of nitrogens with one attached hydrogen (secondary N) is 1. The number of benzene rings is 1. The van der Waals surface area contributed by atoms with Crippen LogP contribution >= 0.6 is 0 Å². The van der Waals surface area contributed by atoms with Crippen molar-refractivity contribution in [3.63, 3.8) is 0 Å². The molecule has 8 nitrogen and oxygen atoms in total. The van der Waals surface area contributed by atoms with Crippen LogP contribution in [0.3, 0.4) is 0 Å². The zero-order valence-corrected chi connectivity index (χ0v) is 15.6. The monoisotopic (exact) mass is 376 g/mol. The van der Waals surface area contributed by atoms with Gasteiger partial charge < -0.3 is 19.3 Å². The summed E-state index contributed by atoms with van der Waals surface area (Å²) in [6.07, 6.45) is 1.76. The predicted molar refractivity (Wildman–Crippen MR) is 98.4 cm³/mol. The predicted octanol–water partition coefficient (Wildman–Crippen LogP) is 1.00. The largest absolute Gasteiger partial charge is 0.493 e. The van der Waals surface area contributed by atoms with Gasteiger partial charge in [-0.05, 0) is 43.4 Å². The van der Waals surface area contributed by atoms with Crippen molar-refractivity contribution in [3.05, 3.63) is 56.4 Å². The number of aliphatic hydroxyl groups is 1. The molecule has 1 aromatic carbocycles. The van der Waals surface area contributed by atoms with Gasteiger partial charge in [-0.3, -0.25) is 14.3 Å². The second-order valence-electron chi connectivity index (χ2n) is 6.68. The van der Waals surface area contributed by atoms with Crippen LogP contribution in [0.25, 0.3) is 0 Å². The van der Waals surface area contributed by atoms with Crippen LogP contribution in [0.2, 0.25) is 0 Å². The van der Waals surface area contributed by atoms with Crippen molar-refractivity contribution >= 4 is 0 Å². The first kappa shape index (κ1) is 19.2. The number of methoxy groups -OCH3 is 2. The minimum Gasteiger partial charge on any atom is -0.493 e. The van der Waals surface area contributed by atoms with Gasteiger partial charge in [-0.25, -0.2) is 4.79 Å². The van der Waals surface area contributed by atoms with Gasteiger partial charge in [-0.2, -0.15) is 0 Å². The van der Waals surface area contributed by atoms with E-state index in [1.54, 1.807) is 21.1 Å². The SMILES string of the molecule is COc1ccc(C[C@H]2C[C@H](n3cc(C)c(=O)[nH]c3=O)O[C@@H]2CO)cc1OC. The highest BCUT2D eigenvalue weighted by molar-refractivity contribution is 5.43. The number of H-pyrrole nitrogens is 1. The van der Waals surface area contributed by atoms with E-state index < -0.39 is 23.6 Å². The third-order valence-corrected chi connectivity index (χ3v) is 4.94. The Kier molecular flexibility index (Phi) is 5.67. The first-order chi connectivity index (χ1) is 13.0. The molecule has 3 atom stereocenters. The molecule has 2 N–H and O–H groups in total. The summed E-state index contributed by atoms with van der Waals surface area (Å²) in [4.78, 5) is 26.0. The third kappa shape index (κ3) is 3.91. The molecule has 1 saturated heterocycles. The average Bonchev–Trinajstić information content (AvgIpc) is 3.07. The van der Waals surface area contributed by atoms with Crippen molar-refractivity contribution in [3.8, 4) is 11.5 Å². The molecular formula is C19H24N2O6. The van der Waals surface area contributed by atoms with Crippen LogP contribution in [-0.2, 0) is 11.2 Å². The highest BCUT2D eigenvalue weighted by atomic mass is 16.5. The lowest BCUT2D eigenvalue weighted by Gasteiger charge is -2.17. The molecule has 0 radical (unpaired) electrons. The number of aromatic amines is 1. The molecule has 8 heteroatoms. The maximum Gasteiger partial charge on any atom is 0.330 e. The van der Waals surface area contributed by atoms with Gasteiger partial charge in [0.05, 0.1) is 26.9 Å². The van der Waals surface area contributed by atoms with Gasteiger partial charge in [-0.1, -0.05) is 6.07 Å².